The van der Waals surface area contributed by atoms with Crippen LogP contribution >= 0.6 is 0 Å². The minimum Gasteiger partial charge on any atom is -0.464 e. The minimum atomic E-state index is -3.36. The Morgan fingerprint density at radius 1 is 1.23 bits per heavy atom. The lowest BCUT2D eigenvalue weighted by molar-refractivity contribution is 0.125. The molecule has 2 N–H and O–H groups in total. The Kier molecular flexibility index (Phi) is 4.59. The van der Waals surface area contributed by atoms with E-state index >= 15 is 0 Å². The van der Waals surface area contributed by atoms with Crippen molar-refractivity contribution in [3.63, 3.8) is 0 Å². The Balaban J connectivity index is 1.43. The van der Waals surface area contributed by atoms with E-state index in [-0.39, 0.29) is 5.75 Å². The van der Waals surface area contributed by atoms with Gasteiger partial charge in [0.05, 0.1) is 12.3 Å². The van der Waals surface area contributed by atoms with Gasteiger partial charge in [0.25, 0.3) is 0 Å². The van der Waals surface area contributed by atoms with Crippen LogP contribution in [0.5, 0.6) is 0 Å². The first-order valence-corrected chi connectivity index (χ1v) is 9.66. The normalized spacial score (nSPS) is 27.2. The highest BCUT2D eigenvalue weighted by Gasteiger charge is 2.36. The maximum Gasteiger partial charge on any atom is 0.210 e. The molecule has 2 atom stereocenters. The second-order valence-electron chi connectivity index (χ2n) is 6.61. The molecule has 3 rings (SSSR count). The van der Waals surface area contributed by atoms with Crippen LogP contribution in [0.25, 0.3) is 0 Å². The van der Waals surface area contributed by atoms with Gasteiger partial charge in [-0.15, -0.1) is 0 Å². The molecule has 6 nitrogen and oxygen atoms in total. The molecule has 0 aromatic carbocycles. The average Bonchev–Trinajstić information content (AvgIpc) is 3.00. The number of nitrogens with two attached hydrogens (primary N) is 1. The highest BCUT2D eigenvalue weighted by Crippen LogP contribution is 2.47. The van der Waals surface area contributed by atoms with Gasteiger partial charge in [0, 0.05) is 38.6 Å². The van der Waals surface area contributed by atoms with E-state index in [1.807, 2.05) is 0 Å². The first kappa shape index (κ1) is 16.0. The molecule has 2 heterocycles. The molecule has 2 fully saturated rings. The van der Waals surface area contributed by atoms with Crippen LogP contribution in [0.3, 0.4) is 0 Å². The number of piperazine rings is 1. The van der Waals surface area contributed by atoms with Crippen LogP contribution in [0, 0.1) is 5.92 Å². The van der Waals surface area contributed by atoms with Crippen LogP contribution in [0.4, 0.5) is 0 Å². The highest BCUT2D eigenvalue weighted by atomic mass is 32.2. The Bertz CT molecular complexity index is 605. The van der Waals surface area contributed by atoms with Crippen LogP contribution in [-0.2, 0) is 16.6 Å². The van der Waals surface area contributed by atoms with Gasteiger partial charge in [-0.25, -0.2) is 13.6 Å². The number of nitrogens with zero attached hydrogens (tertiary/aromatic N) is 2. The van der Waals surface area contributed by atoms with Gasteiger partial charge in [-0.1, -0.05) is 6.92 Å². The lowest BCUT2D eigenvalue weighted by Gasteiger charge is -2.33. The standard InChI is InChI=1S/C15H25N3O3S/c1-12-10-14(12)15-3-2-13(21-15)11-18-6-4-17(5-7-18)8-9-22(16,19)20/h2-3,12,14H,4-11H2,1H3,(H2,16,19,20)/t12-,14+/m0/s1. The summed E-state index contributed by atoms with van der Waals surface area (Å²) in [5, 5.41) is 5.05. The van der Waals surface area contributed by atoms with E-state index in [0.717, 1.165) is 50.2 Å². The number of hydrogen-bond acceptors (Lipinski definition) is 5. The molecule has 0 unspecified atom stereocenters. The molecule has 0 bridgehead atoms. The minimum absolute atomic E-state index is 0.0358. The maximum absolute atomic E-state index is 11.0. The molecule has 1 aromatic heterocycles. The lowest BCUT2D eigenvalue weighted by atomic mass is 10.2. The van der Waals surface area contributed by atoms with E-state index in [1.165, 1.54) is 6.42 Å². The third-order valence-corrected chi connectivity index (χ3v) is 5.45. The summed E-state index contributed by atoms with van der Waals surface area (Å²) in [5.41, 5.74) is 0. The molecule has 1 aliphatic carbocycles. The zero-order chi connectivity index (χ0) is 15.7. The summed E-state index contributed by atoms with van der Waals surface area (Å²) in [5.74, 6) is 3.60. The van der Waals surface area contributed by atoms with Gasteiger partial charge in [0.2, 0.25) is 10.0 Å². The van der Waals surface area contributed by atoms with Gasteiger partial charge in [-0.05, 0) is 24.5 Å². The predicted molar refractivity (Wildman–Crippen MR) is 84.9 cm³/mol. The number of rotatable bonds is 6. The van der Waals surface area contributed by atoms with E-state index < -0.39 is 10.0 Å². The molecule has 22 heavy (non-hydrogen) atoms. The smallest absolute Gasteiger partial charge is 0.210 e. The SMILES string of the molecule is C[C@H]1C[C@H]1c1ccc(CN2CCN(CCS(N)(=O)=O)CC2)o1. The summed E-state index contributed by atoms with van der Waals surface area (Å²) in [6.45, 7) is 7.24. The third-order valence-electron chi connectivity index (χ3n) is 4.69. The molecule has 0 spiro atoms. The largest absolute Gasteiger partial charge is 0.464 e. The summed E-state index contributed by atoms with van der Waals surface area (Å²) in [4.78, 5) is 4.51. The molecule has 7 heteroatoms. The summed E-state index contributed by atoms with van der Waals surface area (Å²) in [7, 11) is -3.36. The second kappa shape index (κ2) is 6.31. The Hall–Kier alpha value is -0.890. The zero-order valence-corrected chi connectivity index (χ0v) is 13.9. The van der Waals surface area contributed by atoms with Crippen molar-refractivity contribution in [3.05, 3.63) is 23.7 Å². The predicted octanol–water partition coefficient (Wildman–Crippen LogP) is 0.809. The number of primary sulfonamides is 1. The summed E-state index contributed by atoms with van der Waals surface area (Å²) >= 11 is 0. The number of hydrogen-bond donors (Lipinski definition) is 1. The quantitative estimate of drug-likeness (QED) is 0.836. The number of furan rings is 1. The second-order valence-corrected chi connectivity index (χ2v) is 8.34. The van der Waals surface area contributed by atoms with Crippen molar-refractivity contribution >= 4 is 10.0 Å². The average molecular weight is 327 g/mol. The summed E-state index contributed by atoms with van der Waals surface area (Å²) in [6.07, 6.45) is 1.25. The van der Waals surface area contributed by atoms with E-state index in [1.54, 1.807) is 0 Å². The number of sulfonamides is 1. The molecule has 1 aliphatic heterocycles. The van der Waals surface area contributed by atoms with Crippen LogP contribution in [0.15, 0.2) is 16.5 Å². The summed E-state index contributed by atoms with van der Waals surface area (Å²) in [6, 6.07) is 4.21. The molecule has 2 aliphatic rings. The van der Waals surface area contributed by atoms with E-state index in [2.05, 4.69) is 28.9 Å². The summed E-state index contributed by atoms with van der Waals surface area (Å²) < 4.78 is 27.9. The van der Waals surface area contributed by atoms with Crippen molar-refractivity contribution in [2.45, 2.75) is 25.8 Å². The molecular weight excluding hydrogens is 302 g/mol. The van der Waals surface area contributed by atoms with E-state index in [9.17, 15) is 8.42 Å². The first-order valence-electron chi connectivity index (χ1n) is 7.94. The van der Waals surface area contributed by atoms with Gasteiger partial charge in [0.1, 0.15) is 11.5 Å². The monoisotopic (exact) mass is 327 g/mol. The van der Waals surface area contributed by atoms with Gasteiger partial charge in [-0.3, -0.25) is 9.80 Å². The fraction of sp³-hybridized carbons (Fsp3) is 0.733. The lowest BCUT2D eigenvalue weighted by Crippen LogP contribution is -2.47. The van der Waals surface area contributed by atoms with Crippen molar-refractivity contribution in [1.82, 2.24) is 9.80 Å². The molecule has 1 saturated heterocycles. The van der Waals surface area contributed by atoms with Crippen molar-refractivity contribution in [3.8, 4) is 0 Å². The maximum atomic E-state index is 11.0. The van der Waals surface area contributed by atoms with Crippen LogP contribution in [0.1, 0.15) is 30.8 Å². The molecule has 0 radical (unpaired) electrons. The molecule has 1 aromatic rings. The Morgan fingerprint density at radius 3 is 2.45 bits per heavy atom. The van der Waals surface area contributed by atoms with Crippen LogP contribution in [0.2, 0.25) is 0 Å². The third kappa shape index (κ3) is 4.32. The van der Waals surface area contributed by atoms with Crippen molar-refractivity contribution in [1.29, 1.82) is 0 Å². The van der Waals surface area contributed by atoms with Crippen molar-refractivity contribution in [2.75, 3.05) is 38.5 Å². The van der Waals surface area contributed by atoms with E-state index in [0.29, 0.717) is 12.5 Å². The fourth-order valence-corrected chi connectivity index (χ4v) is 3.56. The highest BCUT2D eigenvalue weighted by molar-refractivity contribution is 7.89. The Morgan fingerprint density at radius 2 is 1.86 bits per heavy atom. The zero-order valence-electron chi connectivity index (χ0n) is 13.1. The Labute approximate surface area is 132 Å². The van der Waals surface area contributed by atoms with Crippen LogP contribution < -0.4 is 5.14 Å². The van der Waals surface area contributed by atoms with Gasteiger partial charge in [-0.2, -0.15) is 0 Å². The topological polar surface area (TPSA) is 79.8 Å². The van der Waals surface area contributed by atoms with Gasteiger partial charge >= 0.3 is 0 Å². The fourth-order valence-electron chi connectivity index (χ4n) is 3.05. The molecular formula is C15H25N3O3S. The molecule has 1 saturated carbocycles. The van der Waals surface area contributed by atoms with Gasteiger partial charge in [0.15, 0.2) is 0 Å². The molecule has 0 amide bonds. The van der Waals surface area contributed by atoms with Crippen molar-refractivity contribution in [2.24, 2.45) is 11.1 Å². The van der Waals surface area contributed by atoms with E-state index in [4.69, 9.17) is 9.56 Å². The molecule has 124 valence electrons. The van der Waals surface area contributed by atoms with Crippen LogP contribution in [-0.4, -0.2) is 56.7 Å². The first-order chi connectivity index (χ1) is 10.4. The van der Waals surface area contributed by atoms with Gasteiger partial charge < -0.3 is 4.42 Å². The van der Waals surface area contributed by atoms with Crippen molar-refractivity contribution < 1.29 is 12.8 Å².